The van der Waals surface area contributed by atoms with Crippen molar-refractivity contribution >= 4 is 22.9 Å². The first-order valence-corrected chi connectivity index (χ1v) is 6.12. The molecule has 1 aliphatic rings. The van der Waals surface area contributed by atoms with Crippen molar-refractivity contribution in [3.8, 4) is 0 Å². The first kappa shape index (κ1) is 11.9. The molecule has 1 fully saturated rings. The normalized spacial score (nSPS) is 17.5. The molecule has 7 nitrogen and oxygen atoms in total. The van der Waals surface area contributed by atoms with E-state index in [9.17, 15) is 4.79 Å². The fourth-order valence-corrected chi connectivity index (χ4v) is 2.35. The molecule has 0 aromatic carbocycles. The summed E-state index contributed by atoms with van der Waals surface area (Å²) in [6.07, 6.45) is 1.44. The van der Waals surface area contributed by atoms with E-state index >= 15 is 0 Å². The molecule has 0 saturated carbocycles. The summed E-state index contributed by atoms with van der Waals surface area (Å²) < 4.78 is 5.10. The highest BCUT2D eigenvalue weighted by atomic mass is 16.5. The van der Waals surface area contributed by atoms with Gasteiger partial charge in [0.15, 0.2) is 0 Å². The molecule has 100 valence electrons. The fraction of sp³-hybridized carbons (Fsp3) is 0.500. The van der Waals surface area contributed by atoms with Crippen LogP contribution in [0.3, 0.4) is 0 Å². The number of aromatic nitrogens is 3. The summed E-state index contributed by atoms with van der Waals surface area (Å²) in [6, 6.07) is 0. The third kappa shape index (κ3) is 1.81. The second-order valence-electron chi connectivity index (χ2n) is 4.94. The van der Waals surface area contributed by atoms with Crippen LogP contribution in [0.2, 0.25) is 0 Å². The van der Waals surface area contributed by atoms with Crippen molar-refractivity contribution in [2.75, 3.05) is 18.0 Å². The molecule has 1 aliphatic heterocycles. The number of nitrogens with zero attached hydrogens (tertiary/aromatic N) is 4. The summed E-state index contributed by atoms with van der Waals surface area (Å²) in [7, 11) is 0. The van der Waals surface area contributed by atoms with Crippen molar-refractivity contribution in [3.05, 3.63) is 12.0 Å². The van der Waals surface area contributed by atoms with E-state index in [4.69, 9.17) is 9.63 Å². The molecule has 7 heteroatoms. The fourth-order valence-electron chi connectivity index (χ4n) is 2.35. The van der Waals surface area contributed by atoms with E-state index in [1.807, 2.05) is 11.8 Å². The third-order valence-corrected chi connectivity index (χ3v) is 3.73. The van der Waals surface area contributed by atoms with Crippen molar-refractivity contribution in [1.82, 2.24) is 15.1 Å². The molecule has 0 amide bonds. The maximum Gasteiger partial charge on any atom is 0.306 e. The van der Waals surface area contributed by atoms with Gasteiger partial charge in [0, 0.05) is 19.0 Å². The number of fused-ring (bicyclic) bond motifs is 1. The zero-order valence-corrected chi connectivity index (χ0v) is 10.7. The van der Waals surface area contributed by atoms with Gasteiger partial charge in [-0.05, 0) is 6.92 Å². The molecular weight excluding hydrogens is 248 g/mol. The number of aryl methyl sites for hydroxylation is 1. The number of aliphatic carboxylic acids is 1. The Hall–Kier alpha value is -2.18. The molecule has 3 heterocycles. The average molecular weight is 262 g/mol. The Bertz CT molecular complexity index is 633. The minimum Gasteiger partial charge on any atom is -0.481 e. The van der Waals surface area contributed by atoms with Gasteiger partial charge in [-0.1, -0.05) is 12.1 Å². The molecule has 1 atom stereocenters. The third-order valence-electron chi connectivity index (χ3n) is 3.73. The van der Waals surface area contributed by atoms with Gasteiger partial charge in [-0.25, -0.2) is 4.98 Å². The van der Waals surface area contributed by atoms with Crippen LogP contribution in [0.5, 0.6) is 0 Å². The lowest BCUT2D eigenvalue weighted by Gasteiger charge is -2.42. The minimum absolute atomic E-state index is 0.155. The first-order chi connectivity index (χ1) is 9.08. The van der Waals surface area contributed by atoms with Gasteiger partial charge in [-0.3, -0.25) is 4.79 Å². The van der Waals surface area contributed by atoms with E-state index in [0.29, 0.717) is 18.8 Å². The minimum atomic E-state index is -0.751. The Balaban J connectivity index is 1.84. The van der Waals surface area contributed by atoms with Crippen molar-refractivity contribution in [2.24, 2.45) is 11.8 Å². The SMILES string of the molecule is Cc1noc2ncnc(N3CC(C(C)C(=O)O)C3)c12. The van der Waals surface area contributed by atoms with E-state index in [1.54, 1.807) is 6.92 Å². The molecule has 2 aromatic rings. The number of anilines is 1. The molecule has 0 aliphatic carbocycles. The monoisotopic (exact) mass is 262 g/mol. The number of carboxylic acids is 1. The van der Waals surface area contributed by atoms with Gasteiger partial charge >= 0.3 is 5.97 Å². The predicted octanol–water partition coefficient (Wildman–Crippen LogP) is 1.08. The zero-order chi connectivity index (χ0) is 13.6. The second kappa shape index (κ2) is 4.18. The Labute approximate surface area is 109 Å². The second-order valence-corrected chi connectivity index (χ2v) is 4.94. The summed E-state index contributed by atoms with van der Waals surface area (Å²) in [5, 5.41) is 13.7. The smallest absolute Gasteiger partial charge is 0.306 e. The van der Waals surface area contributed by atoms with Crippen molar-refractivity contribution in [2.45, 2.75) is 13.8 Å². The van der Waals surface area contributed by atoms with Crippen LogP contribution < -0.4 is 4.90 Å². The van der Waals surface area contributed by atoms with Crippen LogP contribution in [0, 0.1) is 18.8 Å². The molecule has 3 rings (SSSR count). The largest absolute Gasteiger partial charge is 0.481 e. The highest BCUT2D eigenvalue weighted by Gasteiger charge is 2.36. The molecular formula is C12H14N4O3. The summed E-state index contributed by atoms with van der Waals surface area (Å²) in [5.41, 5.74) is 1.22. The van der Waals surface area contributed by atoms with E-state index in [1.165, 1.54) is 6.33 Å². The van der Waals surface area contributed by atoms with Gasteiger partial charge in [0.2, 0.25) is 0 Å². The molecule has 1 saturated heterocycles. The Morgan fingerprint density at radius 1 is 1.53 bits per heavy atom. The zero-order valence-electron chi connectivity index (χ0n) is 10.7. The van der Waals surface area contributed by atoms with Crippen LogP contribution in [0.4, 0.5) is 5.82 Å². The summed E-state index contributed by atoms with van der Waals surface area (Å²) in [4.78, 5) is 21.3. The number of carbonyl (C=O) groups is 1. The predicted molar refractivity (Wildman–Crippen MR) is 66.8 cm³/mol. The highest BCUT2D eigenvalue weighted by Crippen LogP contribution is 2.33. The number of rotatable bonds is 3. The van der Waals surface area contributed by atoms with Crippen molar-refractivity contribution < 1.29 is 14.4 Å². The standard InChI is InChI=1S/C12H14N4O3/c1-6(12(17)18)8-3-16(4-8)10-9-7(2)15-19-11(9)14-5-13-10/h5-6,8H,3-4H2,1-2H3,(H,17,18). The maximum atomic E-state index is 10.9. The lowest BCUT2D eigenvalue weighted by atomic mass is 9.87. The summed E-state index contributed by atoms with van der Waals surface area (Å²) in [5.74, 6) is -0.156. The van der Waals surface area contributed by atoms with Crippen LogP contribution in [0.25, 0.3) is 11.1 Å². The Morgan fingerprint density at radius 3 is 2.95 bits per heavy atom. The molecule has 19 heavy (non-hydrogen) atoms. The molecule has 1 unspecified atom stereocenters. The molecule has 1 N–H and O–H groups in total. The number of hydrogen-bond donors (Lipinski definition) is 1. The first-order valence-electron chi connectivity index (χ1n) is 6.12. The summed E-state index contributed by atoms with van der Waals surface area (Å²) >= 11 is 0. The van der Waals surface area contributed by atoms with Gasteiger partial charge in [0.1, 0.15) is 17.5 Å². The van der Waals surface area contributed by atoms with Crippen LogP contribution in [0.15, 0.2) is 10.9 Å². The molecule has 0 bridgehead atoms. The molecule has 0 radical (unpaired) electrons. The van der Waals surface area contributed by atoms with Gasteiger partial charge in [0.05, 0.1) is 11.6 Å². The van der Waals surface area contributed by atoms with E-state index in [0.717, 1.165) is 16.9 Å². The topological polar surface area (TPSA) is 92.4 Å². The van der Waals surface area contributed by atoms with Crippen LogP contribution >= 0.6 is 0 Å². The van der Waals surface area contributed by atoms with Crippen LogP contribution in [0.1, 0.15) is 12.6 Å². The molecule has 0 spiro atoms. The highest BCUT2D eigenvalue weighted by molar-refractivity contribution is 5.88. The van der Waals surface area contributed by atoms with Gasteiger partial charge in [-0.2, -0.15) is 4.98 Å². The van der Waals surface area contributed by atoms with Crippen LogP contribution in [-0.4, -0.2) is 39.3 Å². The Morgan fingerprint density at radius 2 is 2.26 bits per heavy atom. The quantitative estimate of drug-likeness (QED) is 0.884. The number of hydrogen-bond acceptors (Lipinski definition) is 6. The van der Waals surface area contributed by atoms with Gasteiger partial charge in [-0.15, -0.1) is 0 Å². The molecule has 2 aromatic heterocycles. The summed E-state index contributed by atoms with van der Waals surface area (Å²) in [6.45, 7) is 4.95. The lowest BCUT2D eigenvalue weighted by Crippen LogP contribution is -2.51. The van der Waals surface area contributed by atoms with Crippen molar-refractivity contribution in [3.63, 3.8) is 0 Å². The van der Waals surface area contributed by atoms with E-state index in [-0.39, 0.29) is 11.8 Å². The average Bonchev–Trinajstić information content (AvgIpc) is 2.70. The van der Waals surface area contributed by atoms with Gasteiger partial charge < -0.3 is 14.5 Å². The van der Waals surface area contributed by atoms with E-state index in [2.05, 4.69) is 15.1 Å². The maximum absolute atomic E-state index is 10.9. The number of carboxylic acid groups (broad SMARTS) is 1. The van der Waals surface area contributed by atoms with E-state index < -0.39 is 5.97 Å². The lowest BCUT2D eigenvalue weighted by molar-refractivity contribution is -0.143. The van der Waals surface area contributed by atoms with Crippen molar-refractivity contribution in [1.29, 1.82) is 0 Å². The van der Waals surface area contributed by atoms with Gasteiger partial charge in [0.25, 0.3) is 5.71 Å². The Kier molecular flexibility index (Phi) is 2.62. The van der Waals surface area contributed by atoms with Crippen LogP contribution in [-0.2, 0) is 4.79 Å².